The van der Waals surface area contributed by atoms with E-state index in [0.717, 1.165) is 10.2 Å². The quantitative estimate of drug-likeness (QED) is 0.901. The Balaban J connectivity index is 1.85. The highest BCUT2D eigenvalue weighted by Gasteiger charge is 2.49. The zero-order chi connectivity index (χ0) is 13.6. The van der Waals surface area contributed by atoms with Crippen molar-refractivity contribution in [3.05, 3.63) is 40.9 Å². The van der Waals surface area contributed by atoms with Gasteiger partial charge in [0.2, 0.25) is 0 Å². The molecular formula is C16H17BrO2. The molecule has 2 unspecified atom stereocenters. The third-order valence-corrected chi connectivity index (χ3v) is 4.67. The summed E-state index contributed by atoms with van der Waals surface area (Å²) in [6.45, 7) is 4.09. The highest BCUT2D eigenvalue weighted by Crippen LogP contribution is 2.43. The van der Waals surface area contributed by atoms with E-state index in [9.17, 15) is 5.11 Å². The molecule has 0 bridgehead atoms. The van der Waals surface area contributed by atoms with Crippen molar-refractivity contribution < 1.29 is 9.84 Å². The van der Waals surface area contributed by atoms with Crippen LogP contribution in [-0.4, -0.2) is 17.3 Å². The smallest absolute Gasteiger partial charge is 0.120 e. The third kappa shape index (κ3) is 2.26. The summed E-state index contributed by atoms with van der Waals surface area (Å²) in [5.74, 6) is 0.875. The second-order valence-electron chi connectivity index (χ2n) is 5.83. The lowest BCUT2D eigenvalue weighted by Gasteiger charge is -2.48. The molecule has 1 aliphatic carbocycles. The lowest BCUT2D eigenvalue weighted by Crippen LogP contribution is -2.56. The van der Waals surface area contributed by atoms with Gasteiger partial charge in [0, 0.05) is 16.3 Å². The number of aliphatic hydroxyl groups is 1. The minimum atomic E-state index is -0.256. The second kappa shape index (κ2) is 4.50. The number of hydrogen-bond donors (Lipinski definition) is 1. The average molecular weight is 321 g/mol. The molecule has 2 aromatic carbocycles. The Morgan fingerprint density at radius 3 is 2.53 bits per heavy atom. The van der Waals surface area contributed by atoms with Crippen molar-refractivity contribution >= 4 is 26.7 Å². The van der Waals surface area contributed by atoms with Gasteiger partial charge in [-0.05, 0) is 35.0 Å². The first-order valence-electron chi connectivity index (χ1n) is 6.51. The Bertz CT molecular complexity index is 621. The molecule has 1 N–H and O–H groups in total. The Labute approximate surface area is 121 Å². The van der Waals surface area contributed by atoms with Gasteiger partial charge in [0.1, 0.15) is 11.9 Å². The van der Waals surface area contributed by atoms with Gasteiger partial charge in [0.25, 0.3) is 0 Å². The fourth-order valence-electron chi connectivity index (χ4n) is 2.50. The summed E-state index contributed by atoms with van der Waals surface area (Å²) in [5, 5.41) is 12.1. The van der Waals surface area contributed by atoms with Crippen LogP contribution in [-0.2, 0) is 0 Å². The zero-order valence-corrected chi connectivity index (χ0v) is 12.6. The van der Waals surface area contributed by atoms with Gasteiger partial charge in [-0.1, -0.05) is 41.9 Å². The van der Waals surface area contributed by atoms with Crippen molar-refractivity contribution in [3.63, 3.8) is 0 Å². The van der Waals surface area contributed by atoms with Gasteiger partial charge in [-0.15, -0.1) is 0 Å². The molecule has 2 atom stereocenters. The number of hydrogen-bond acceptors (Lipinski definition) is 2. The molecule has 1 aliphatic rings. The third-order valence-electron chi connectivity index (χ3n) is 4.18. The van der Waals surface area contributed by atoms with Crippen LogP contribution in [0.15, 0.2) is 40.9 Å². The predicted molar refractivity (Wildman–Crippen MR) is 80.5 cm³/mol. The summed E-state index contributed by atoms with van der Waals surface area (Å²) in [5.41, 5.74) is -0.158. The SMILES string of the molecule is CC1(C)C(O)CC1Oc1ccc2cc(Br)ccc2c1. The summed E-state index contributed by atoms with van der Waals surface area (Å²) in [6.07, 6.45) is 0.551. The van der Waals surface area contributed by atoms with E-state index < -0.39 is 0 Å². The van der Waals surface area contributed by atoms with Gasteiger partial charge in [0.15, 0.2) is 0 Å². The fourth-order valence-corrected chi connectivity index (χ4v) is 2.88. The summed E-state index contributed by atoms with van der Waals surface area (Å²) in [6, 6.07) is 12.3. The molecule has 0 amide bonds. The highest BCUT2D eigenvalue weighted by atomic mass is 79.9. The van der Waals surface area contributed by atoms with Crippen LogP contribution in [0.1, 0.15) is 20.3 Å². The van der Waals surface area contributed by atoms with Crippen molar-refractivity contribution in [1.82, 2.24) is 0 Å². The molecule has 0 aliphatic heterocycles. The molecule has 1 saturated carbocycles. The summed E-state index contributed by atoms with van der Waals surface area (Å²) in [4.78, 5) is 0. The van der Waals surface area contributed by atoms with Crippen LogP contribution in [0.2, 0.25) is 0 Å². The maximum absolute atomic E-state index is 9.74. The summed E-state index contributed by atoms with van der Waals surface area (Å²) < 4.78 is 7.08. The van der Waals surface area contributed by atoms with Crippen LogP contribution < -0.4 is 4.74 Å². The van der Waals surface area contributed by atoms with E-state index in [1.807, 2.05) is 26.0 Å². The van der Waals surface area contributed by atoms with Crippen molar-refractivity contribution in [2.24, 2.45) is 5.41 Å². The van der Waals surface area contributed by atoms with Crippen molar-refractivity contribution in [3.8, 4) is 5.75 Å². The maximum Gasteiger partial charge on any atom is 0.120 e. The topological polar surface area (TPSA) is 29.5 Å². The lowest BCUT2D eigenvalue weighted by atomic mass is 9.66. The summed E-state index contributed by atoms with van der Waals surface area (Å²) >= 11 is 3.47. The molecule has 0 saturated heterocycles. The van der Waals surface area contributed by atoms with Gasteiger partial charge in [-0.2, -0.15) is 0 Å². The van der Waals surface area contributed by atoms with Gasteiger partial charge >= 0.3 is 0 Å². The fraction of sp³-hybridized carbons (Fsp3) is 0.375. The minimum Gasteiger partial charge on any atom is -0.490 e. The van der Waals surface area contributed by atoms with E-state index in [0.29, 0.717) is 6.42 Å². The Hall–Kier alpha value is -1.06. The maximum atomic E-state index is 9.74. The van der Waals surface area contributed by atoms with E-state index >= 15 is 0 Å². The van der Waals surface area contributed by atoms with E-state index in [1.165, 1.54) is 10.8 Å². The van der Waals surface area contributed by atoms with Gasteiger partial charge in [-0.25, -0.2) is 0 Å². The van der Waals surface area contributed by atoms with Crippen LogP contribution in [0.3, 0.4) is 0 Å². The van der Waals surface area contributed by atoms with E-state index in [-0.39, 0.29) is 17.6 Å². The highest BCUT2D eigenvalue weighted by molar-refractivity contribution is 9.10. The number of rotatable bonds is 2. The van der Waals surface area contributed by atoms with Crippen LogP contribution >= 0.6 is 15.9 Å². The molecule has 0 radical (unpaired) electrons. The first-order chi connectivity index (χ1) is 8.96. The van der Waals surface area contributed by atoms with Gasteiger partial charge < -0.3 is 9.84 Å². The lowest BCUT2D eigenvalue weighted by molar-refractivity contribution is -0.134. The molecule has 2 aromatic rings. The molecular weight excluding hydrogens is 304 g/mol. The molecule has 100 valence electrons. The van der Waals surface area contributed by atoms with E-state index in [1.54, 1.807) is 0 Å². The van der Waals surface area contributed by atoms with Crippen molar-refractivity contribution in [1.29, 1.82) is 0 Å². The Kier molecular flexibility index (Phi) is 3.06. The Morgan fingerprint density at radius 1 is 1.16 bits per heavy atom. The number of ether oxygens (including phenoxy) is 1. The van der Waals surface area contributed by atoms with Crippen molar-refractivity contribution in [2.45, 2.75) is 32.5 Å². The van der Waals surface area contributed by atoms with Crippen molar-refractivity contribution in [2.75, 3.05) is 0 Å². The second-order valence-corrected chi connectivity index (χ2v) is 6.75. The first-order valence-corrected chi connectivity index (χ1v) is 7.30. The molecule has 0 spiro atoms. The molecule has 19 heavy (non-hydrogen) atoms. The molecule has 3 heteroatoms. The van der Waals surface area contributed by atoms with Crippen LogP contribution in [0.5, 0.6) is 5.75 Å². The standard InChI is InChI=1S/C16H17BrO2/c1-16(2)14(18)9-15(16)19-13-6-4-10-7-12(17)5-3-11(10)8-13/h3-8,14-15,18H,9H2,1-2H3. The number of aliphatic hydroxyl groups excluding tert-OH is 1. The number of fused-ring (bicyclic) bond motifs is 1. The van der Waals surface area contributed by atoms with Crippen LogP contribution in [0, 0.1) is 5.41 Å². The average Bonchev–Trinajstić information content (AvgIpc) is 2.38. The minimum absolute atomic E-state index is 0.0930. The van der Waals surface area contributed by atoms with Gasteiger partial charge in [0.05, 0.1) is 6.10 Å². The van der Waals surface area contributed by atoms with E-state index in [2.05, 4.69) is 40.2 Å². The Morgan fingerprint density at radius 2 is 1.84 bits per heavy atom. The monoisotopic (exact) mass is 320 g/mol. The molecule has 1 fully saturated rings. The molecule has 0 heterocycles. The predicted octanol–water partition coefficient (Wildman–Crippen LogP) is 4.14. The number of benzene rings is 2. The van der Waals surface area contributed by atoms with Gasteiger partial charge in [-0.3, -0.25) is 0 Å². The zero-order valence-electron chi connectivity index (χ0n) is 11.1. The van der Waals surface area contributed by atoms with E-state index in [4.69, 9.17) is 4.74 Å². The normalized spacial score (nSPS) is 25.1. The first kappa shape index (κ1) is 12.9. The number of halogens is 1. The molecule has 3 rings (SSSR count). The van der Waals surface area contributed by atoms with Crippen LogP contribution in [0.4, 0.5) is 0 Å². The largest absolute Gasteiger partial charge is 0.490 e. The summed E-state index contributed by atoms with van der Waals surface area (Å²) in [7, 11) is 0. The molecule has 0 aromatic heterocycles. The van der Waals surface area contributed by atoms with Crippen LogP contribution in [0.25, 0.3) is 10.8 Å². The molecule has 2 nitrogen and oxygen atoms in total.